The molecule has 1 aliphatic rings. The Hall–Kier alpha value is -3.49. The highest BCUT2D eigenvalue weighted by molar-refractivity contribution is 5.94. The Morgan fingerprint density at radius 2 is 1.71 bits per heavy atom. The van der Waals surface area contributed by atoms with E-state index in [9.17, 15) is 9.59 Å². The molecule has 4 rings (SSSR count). The number of aromatic nitrogens is 5. The Balaban J connectivity index is 1.38. The Labute approximate surface area is 162 Å². The van der Waals surface area contributed by atoms with Gasteiger partial charge in [-0.05, 0) is 31.2 Å². The quantitative estimate of drug-likeness (QED) is 0.736. The highest BCUT2D eigenvalue weighted by Crippen LogP contribution is 2.18. The summed E-state index contributed by atoms with van der Waals surface area (Å²) in [4.78, 5) is 32.8. The van der Waals surface area contributed by atoms with E-state index in [-0.39, 0.29) is 11.8 Å². The molecule has 1 aliphatic heterocycles. The van der Waals surface area contributed by atoms with Gasteiger partial charge in [0, 0.05) is 56.9 Å². The predicted molar refractivity (Wildman–Crippen MR) is 102 cm³/mol. The lowest BCUT2D eigenvalue weighted by molar-refractivity contribution is 0.0528. The molecule has 0 radical (unpaired) electrons. The van der Waals surface area contributed by atoms with Gasteiger partial charge in [-0.3, -0.25) is 24.4 Å². The zero-order valence-electron chi connectivity index (χ0n) is 15.6. The summed E-state index contributed by atoms with van der Waals surface area (Å²) in [5.74, 6) is -0.212. The van der Waals surface area contributed by atoms with Crippen LogP contribution in [0.2, 0.25) is 0 Å². The predicted octanol–water partition coefficient (Wildman–Crippen LogP) is 1.29. The third-order valence-electron chi connectivity index (χ3n) is 4.82. The summed E-state index contributed by atoms with van der Waals surface area (Å²) in [5, 5.41) is 11.3. The van der Waals surface area contributed by atoms with Crippen molar-refractivity contribution in [2.24, 2.45) is 0 Å². The SMILES string of the molecule is CCn1ccc(C(=O)N2CCN(C(=O)c3cc(-c4ccncc4)n[nH]3)CC2)n1. The third-order valence-corrected chi connectivity index (χ3v) is 4.82. The number of carbonyl (C=O) groups is 2. The number of pyridine rings is 1. The Morgan fingerprint density at radius 1 is 1.04 bits per heavy atom. The van der Waals surface area contributed by atoms with Gasteiger partial charge in [0.2, 0.25) is 0 Å². The molecule has 0 aliphatic carbocycles. The Bertz CT molecular complexity index is 971. The van der Waals surface area contributed by atoms with Crippen molar-refractivity contribution in [1.29, 1.82) is 0 Å². The summed E-state index contributed by atoms with van der Waals surface area (Å²) >= 11 is 0. The van der Waals surface area contributed by atoms with Gasteiger partial charge in [0.05, 0.1) is 5.69 Å². The number of nitrogens with one attached hydrogen (secondary N) is 1. The van der Waals surface area contributed by atoms with Gasteiger partial charge >= 0.3 is 0 Å². The first-order chi connectivity index (χ1) is 13.7. The molecule has 1 saturated heterocycles. The van der Waals surface area contributed by atoms with E-state index in [1.807, 2.05) is 19.1 Å². The molecular weight excluding hydrogens is 358 g/mol. The van der Waals surface area contributed by atoms with Crippen molar-refractivity contribution >= 4 is 11.8 Å². The van der Waals surface area contributed by atoms with Crippen molar-refractivity contribution in [3.63, 3.8) is 0 Å². The van der Waals surface area contributed by atoms with Crippen molar-refractivity contribution in [3.05, 3.63) is 54.2 Å². The first kappa shape index (κ1) is 17.9. The summed E-state index contributed by atoms with van der Waals surface area (Å²) in [6.45, 7) is 4.61. The van der Waals surface area contributed by atoms with Gasteiger partial charge in [-0.2, -0.15) is 10.2 Å². The minimum absolute atomic E-state index is 0.0965. The van der Waals surface area contributed by atoms with Gasteiger partial charge in [-0.15, -0.1) is 0 Å². The van der Waals surface area contributed by atoms with E-state index in [1.54, 1.807) is 45.2 Å². The van der Waals surface area contributed by atoms with Crippen LogP contribution in [0, 0.1) is 0 Å². The van der Waals surface area contributed by atoms with Crippen molar-refractivity contribution in [1.82, 2.24) is 34.8 Å². The number of carbonyl (C=O) groups excluding carboxylic acids is 2. The van der Waals surface area contributed by atoms with E-state index < -0.39 is 0 Å². The lowest BCUT2D eigenvalue weighted by atomic mass is 10.2. The average molecular weight is 379 g/mol. The van der Waals surface area contributed by atoms with Gasteiger partial charge in [-0.25, -0.2) is 0 Å². The number of amides is 2. The number of aromatic amines is 1. The van der Waals surface area contributed by atoms with Crippen LogP contribution >= 0.6 is 0 Å². The summed E-state index contributed by atoms with van der Waals surface area (Å²) < 4.78 is 1.73. The van der Waals surface area contributed by atoms with E-state index in [2.05, 4.69) is 20.3 Å². The van der Waals surface area contributed by atoms with Gasteiger partial charge in [0.15, 0.2) is 0 Å². The number of H-pyrrole nitrogens is 1. The van der Waals surface area contributed by atoms with Crippen LogP contribution < -0.4 is 0 Å². The highest BCUT2D eigenvalue weighted by atomic mass is 16.2. The van der Waals surface area contributed by atoms with Crippen LogP contribution in [0.15, 0.2) is 42.9 Å². The molecule has 28 heavy (non-hydrogen) atoms. The van der Waals surface area contributed by atoms with Crippen molar-refractivity contribution < 1.29 is 9.59 Å². The molecule has 3 aromatic rings. The molecule has 4 heterocycles. The monoisotopic (exact) mass is 379 g/mol. The molecule has 1 fully saturated rings. The van der Waals surface area contributed by atoms with Crippen LogP contribution in [0.4, 0.5) is 0 Å². The van der Waals surface area contributed by atoms with Crippen LogP contribution in [-0.2, 0) is 6.54 Å². The average Bonchev–Trinajstić information content (AvgIpc) is 3.43. The van der Waals surface area contributed by atoms with Crippen LogP contribution in [-0.4, -0.2) is 72.8 Å². The Morgan fingerprint density at radius 3 is 2.36 bits per heavy atom. The number of hydrogen-bond donors (Lipinski definition) is 1. The van der Waals surface area contributed by atoms with Crippen LogP contribution in [0.3, 0.4) is 0 Å². The van der Waals surface area contributed by atoms with E-state index in [1.165, 1.54) is 0 Å². The van der Waals surface area contributed by atoms with Crippen LogP contribution in [0.25, 0.3) is 11.3 Å². The van der Waals surface area contributed by atoms with Crippen molar-refractivity contribution in [2.75, 3.05) is 26.2 Å². The van der Waals surface area contributed by atoms with Crippen molar-refractivity contribution in [2.45, 2.75) is 13.5 Å². The van der Waals surface area contributed by atoms with Gasteiger partial charge < -0.3 is 9.80 Å². The Kier molecular flexibility index (Phi) is 4.88. The van der Waals surface area contributed by atoms with E-state index in [4.69, 9.17) is 0 Å². The van der Waals surface area contributed by atoms with Gasteiger partial charge in [0.1, 0.15) is 11.4 Å². The fourth-order valence-electron chi connectivity index (χ4n) is 3.20. The van der Waals surface area contributed by atoms with Crippen LogP contribution in [0.1, 0.15) is 27.9 Å². The molecule has 3 aromatic heterocycles. The molecule has 0 bridgehead atoms. The molecule has 1 N–H and O–H groups in total. The number of rotatable bonds is 4. The maximum atomic E-state index is 12.8. The van der Waals surface area contributed by atoms with E-state index in [0.29, 0.717) is 43.3 Å². The number of piperazine rings is 1. The zero-order chi connectivity index (χ0) is 19.5. The molecular formula is C19H21N7O2. The summed E-state index contributed by atoms with van der Waals surface area (Å²) in [5.41, 5.74) is 2.48. The largest absolute Gasteiger partial charge is 0.334 e. The maximum Gasteiger partial charge on any atom is 0.274 e. The molecule has 9 heteroatoms. The number of hydrogen-bond acceptors (Lipinski definition) is 5. The molecule has 2 amide bonds. The fraction of sp³-hybridized carbons (Fsp3) is 0.316. The first-order valence-corrected chi connectivity index (χ1v) is 9.23. The third kappa shape index (κ3) is 3.51. The molecule has 9 nitrogen and oxygen atoms in total. The smallest absolute Gasteiger partial charge is 0.274 e. The second-order valence-corrected chi connectivity index (χ2v) is 6.54. The topological polar surface area (TPSA) is 100 Å². The summed E-state index contributed by atoms with van der Waals surface area (Å²) in [7, 11) is 0. The molecule has 0 atom stereocenters. The maximum absolute atomic E-state index is 12.8. The molecule has 0 saturated carbocycles. The second kappa shape index (κ2) is 7.63. The standard InChI is InChI=1S/C19H21N7O2/c1-2-26-8-5-15(23-26)18(27)24-9-11-25(12-10-24)19(28)17-13-16(21-22-17)14-3-6-20-7-4-14/h3-8,13H,2,9-12H2,1H3,(H,21,22). The normalized spacial score (nSPS) is 14.3. The minimum atomic E-state index is -0.116. The molecule has 0 aromatic carbocycles. The van der Waals surface area contributed by atoms with Crippen molar-refractivity contribution in [3.8, 4) is 11.3 Å². The van der Waals surface area contributed by atoms with E-state index >= 15 is 0 Å². The molecule has 0 unspecified atom stereocenters. The lowest BCUT2D eigenvalue weighted by Gasteiger charge is -2.34. The number of nitrogens with zero attached hydrogens (tertiary/aromatic N) is 6. The fourth-order valence-corrected chi connectivity index (χ4v) is 3.20. The number of aryl methyl sites for hydroxylation is 1. The minimum Gasteiger partial charge on any atom is -0.334 e. The molecule has 144 valence electrons. The van der Waals surface area contributed by atoms with Gasteiger partial charge in [-0.1, -0.05) is 0 Å². The van der Waals surface area contributed by atoms with Crippen LogP contribution in [0.5, 0.6) is 0 Å². The lowest BCUT2D eigenvalue weighted by Crippen LogP contribution is -2.50. The zero-order valence-corrected chi connectivity index (χ0v) is 15.6. The van der Waals surface area contributed by atoms with E-state index in [0.717, 1.165) is 12.1 Å². The molecule has 0 spiro atoms. The first-order valence-electron chi connectivity index (χ1n) is 9.23. The summed E-state index contributed by atoms with van der Waals surface area (Å²) in [6.07, 6.45) is 5.17. The highest BCUT2D eigenvalue weighted by Gasteiger charge is 2.27. The second-order valence-electron chi connectivity index (χ2n) is 6.54. The summed E-state index contributed by atoms with van der Waals surface area (Å²) in [6, 6.07) is 7.16. The van der Waals surface area contributed by atoms with Gasteiger partial charge in [0.25, 0.3) is 11.8 Å².